The summed E-state index contributed by atoms with van der Waals surface area (Å²) in [4.78, 5) is 28.1. The lowest BCUT2D eigenvalue weighted by molar-refractivity contribution is 0.0746. The molecule has 0 unspecified atom stereocenters. The number of carbonyl (C=O) groups excluding carboxylic acids is 2. The molecule has 32 heavy (non-hydrogen) atoms. The molecule has 0 atom stereocenters. The highest BCUT2D eigenvalue weighted by Gasteiger charge is 2.24. The number of carbonyl (C=O) groups is 2. The average molecular weight is 455 g/mol. The zero-order chi connectivity index (χ0) is 23.0. The van der Waals surface area contributed by atoms with Crippen molar-refractivity contribution < 1.29 is 14.0 Å². The maximum Gasteiger partial charge on any atom is 0.253 e. The highest BCUT2D eigenvalue weighted by molar-refractivity contribution is 6.31. The van der Waals surface area contributed by atoms with Crippen LogP contribution in [0, 0.1) is 19.7 Å². The zero-order valence-corrected chi connectivity index (χ0v) is 19.0. The number of nitrogens with zero attached hydrogens (tertiary/aromatic N) is 4. The lowest BCUT2D eigenvalue weighted by Crippen LogP contribution is -2.49. The Morgan fingerprint density at radius 3 is 2.12 bits per heavy atom. The van der Waals surface area contributed by atoms with Crippen LogP contribution in [-0.4, -0.2) is 52.5 Å². The minimum atomic E-state index is -0.419. The van der Waals surface area contributed by atoms with Crippen molar-refractivity contribution in [2.24, 2.45) is 0 Å². The maximum atomic E-state index is 14.5. The number of halogens is 2. The summed E-state index contributed by atoms with van der Waals surface area (Å²) < 4.78 is 16.2. The molecular weight excluding hydrogens is 431 g/mol. The van der Waals surface area contributed by atoms with E-state index in [-0.39, 0.29) is 11.7 Å². The summed E-state index contributed by atoms with van der Waals surface area (Å²) >= 11 is 6.23. The number of rotatable bonds is 4. The van der Waals surface area contributed by atoms with E-state index in [0.717, 1.165) is 17.1 Å². The molecule has 6 nitrogen and oxygen atoms in total. The Labute approximate surface area is 191 Å². The van der Waals surface area contributed by atoms with E-state index in [0.29, 0.717) is 48.0 Å². The standard InChI is InChI=1S/C24H24ClFN4O2/c1-15-23(25)16(2)30(27-15)20-7-4-18(5-8-20)24(32)29-12-10-28(11-13-29)22-9-6-19(17(3)31)14-21(22)26/h4-9,14H,10-13H2,1-3H3. The SMILES string of the molecule is CC(=O)c1ccc(N2CCN(C(=O)c3ccc(-n4nc(C)c(Cl)c4C)cc3)CC2)c(F)c1. The molecule has 3 aromatic rings. The van der Waals surface area contributed by atoms with Crippen molar-refractivity contribution in [3.63, 3.8) is 0 Å². The second-order valence-corrected chi connectivity index (χ2v) is 8.32. The number of ketones is 1. The first-order chi connectivity index (χ1) is 15.3. The Hall–Kier alpha value is -3.19. The van der Waals surface area contributed by atoms with Gasteiger partial charge in [-0.2, -0.15) is 5.10 Å². The lowest BCUT2D eigenvalue weighted by atomic mass is 10.1. The summed E-state index contributed by atoms with van der Waals surface area (Å²) in [7, 11) is 0. The third-order valence-corrected chi connectivity index (χ3v) is 6.37. The second kappa shape index (κ2) is 8.74. The van der Waals surface area contributed by atoms with Crippen molar-refractivity contribution in [3.05, 3.63) is 75.8 Å². The number of aromatic nitrogens is 2. The Kier molecular flexibility index (Phi) is 6.02. The first-order valence-electron chi connectivity index (χ1n) is 10.4. The van der Waals surface area contributed by atoms with Crippen molar-refractivity contribution in [1.82, 2.24) is 14.7 Å². The van der Waals surface area contributed by atoms with Crippen LogP contribution in [0.1, 0.15) is 39.0 Å². The van der Waals surface area contributed by atoms with E-state index in [9.17, 15) is 14.0 Å². The molecule has 2 heterocycles. The number of amides is 1. The number of piperazine rings is 1. The largest absolute Gasteiger partial charge is 0.366 e. The van der Waals surface area contributed by atoms with Crippen molar-refractivity contribution in [3.8, 4) is 5.69 Å². The van der Waals surface area contributed by atoms with Crippen LogP contribution in [0.3, 0.4) is 0 Å². The van der Waals surface area contributed by atoms with Crippen LogP contribution in [0.25, 0.3) is 5.69 Å². The Morgan fingerprint density at radius 1 is 0.969 bits per heavy atom. The molecule has 1 saturated heterocycles. The van der Waals surface area contributed by atoms with E-state index in [1.807, 2.05) is 30.9 Å². The van der Waals surface area contributed by atoms with Crippen molar-refractivity contribution >= 4 is 29.0 Å². The Bertz CT molecular complexity index is 1180. The quantitative estimate of drug-likeness (QED) is 0.546. The van der Waals surface area contributed by atoms with Gasteiger partial charge in [-0.25, -0.2) is 9.07 Å². The fraction of sp³-hybridized carbons (Fsp3) is 0.292. The molecule has 0 N–H and O–H groups in total. The van der Waals surface area contributed by atoms with Gasteiger partial charge in [-0.15, -0.1) is 0 Å². The summed E-state index contributed by atoms with van der Waals surface area (Å²) in [5, 5.41) is 5.07. The van der Waals surface area contributed by atoms with Gasteiger partial charge in [0.25, 0.3) is 5.91 Å². The smallest absolute Gasteiger partial charge is 0.253 e. The molecule has 0 bridgehead atoms. The Balaban J connectivity index is 1.42. The molecule has 0 radical (unpaired) electrons. The van der Waals surface area contributed by atoms with Gasteiger partial charge in [-0.1, -0.05) is 11.6 Å². The van der Waals surface area contributed by atoms with Gasteiger partial charge in [-0.3, -0.25) is 9.59 Å². The maximum absolute atomic E-state index is 14.5. The average Bonchev–Trinajstić information content (AvgIpc) is 3.06. The normalized spacial score (nSPS) is 14.0. The van der Waals surface area contributed by atoms with Crippen molar-refractivity contribution in [1.29, 1.82) is 0 Å². The summed E-state index contributed by atoms with van der Waals surface area (Å²) in [6, 6.07) is 11.8. The van der Waals surface area contributed by atoms with Gasteiger partial charge in [0.1, 0.15) is 5.82 Å². The molecule has 1 aliphatic rings. The second-order valence-electron chi connectivity index (χ2n) is 7.95. The van der Waals surface area contributed by atoms with E-state index in [1.54, 1.807) is 33.8 Å². The summed E-state index contributed by atoms with van der Waals surface area (Å²) in [5.41, 5.74) is 3.84. The van der Waals surface area contributed by atoms with Crippen LogP contribution < -0.4 is 4.90 Å². The molecule has 8 heteroatoms. The number of hydrogen-bond acceptors (Lipinski definition) is 4. The molecule has 1 aromatic heterocycles. The van der Waals surface area contributed by atoms with Crippen molar-refractivity contribution in [2.75, 3.05) is 31.1 Å². The summed E-state index contributed by atoms with van der Waals surface area (Å²) in [5.74, 6) is -0.648. The number of Topliss-reactive ketones (excluding diaryl/α,β-unsaturated/α-hetero) is 1. The third-order valence-electron chi connectivity index (χ3n) is 5.82. The van der Waals surface area contributed by atoms with E-state index < -0.39 is 5.82 Å². The first kappa shape index (κ1) is 22.0. The van der Waals surface area contributed by atoms with Gasteiger partial charge in [0.05, 0.1) is 27.8 Å². The number of aryl methyl sites for hydroxylation is 1. The molecule has 0 spiro atoms. The van der Waals surface area contributed by atoms with Crippen LogP contribution >= 0.6 is 11.6 Å². The minimum absolute atomic E-state index is 0.0602. The first-order valence-corrected chi connectivity index (χ1v) is 10.8. The van der Waals surface area contributed by atoms with E-state index >= 15 is 0 Å². The van der Waals surface area contributed by atoms with E-state index in [1.165, 1.54) is 13.0 Å². The molecule has 4 rings (SSSR count). The molecule has 1 amide bonds. The molecule has 166 valence electrons. The van der Waals surface area contributed by atoms with Gasteiger partial charge >= 0.3 is 0 Å². The highest BCUT2D eigenvalue weighted by atomic mass is 35.5. The van der Waals surface area contributed by atoms with E-state index in [4.69, 9.17) is 11.6 Å². The van der Waals surface area contributed by atoms with Crippen LogP contribution in [-0.2, 0) is 0 Å². The molecule has 1 fully saturated rings. The Morgan fingerprint density at radius 2 is 1.59 bits per heavy atom. The predicted octanol–water partition coefficient (Wildman–Crippen LogP) is 4.45. The molecule has 0 saturated carbocycles. The van der Waals surface area contributed by atoms with Crippen LogP contribution in [0.5, 0.6) is 0 Å². The minimum Gasteiger partial charge on any atom is -0.366 e. The number of anilines is 1. The summed E-state index contributed by atoms with van der Waals surface area (Å²) in [6.07, 6.45) is 0. The third kappa shape index (κ3) is 4.12. The predicted molar refractivity (Wildman–Crippen MR) is 123 cm³/mol. The fourth-order valence-corrected chi connectivity index (χ4v) is 4.05. The van der Waals surface area contributed by atoms with Crippen LogP contribution in [0.15, 0.2) is 42.5 Å². The zero-order valence-electron chi connectivity index (χ0n) is 18.2. The number of hydrogen-bond donors (Lipinski definition) is 0. The van der Waals surface area contributed by atoms with Gasteiger partial charge in [0.15, 0.2) is 5.78 Å². The van der Waals surface area contributed by atoms with Crippen LogP contribution in [0.2, 0.25) is 5.02 Å². The van der Waals surface area contributed by atoms with Crippen molar-refractivity contribution in [2.45, 2.75) is 20.8 Å². The highest BCUT2D eigenvalue weighted by Crippen LogP contribution is 2.24. The molecule has 2 aromatic carbocycles. The van der Waals surface area contributed by atoms with Gasteiger partial charge in [0.2, 0.25) is 0 Å². The van der Waals surface area contributed by atoms with Gasteiger partial charge < -0.3 is 9.80 Å². The lowest BCUT2D eigenvalue weighted by Gasteiger charge is -2.36. The molecule has 1 aliphatic heterocycles. The number of benzene rings is 2. The summed E-state index contributed by atoms with van der Waals surface area (Å²) in [6.45, 7) is 7.18. The fourth-order valence-electron chi connectivity index (χ4n) is 3.94. The van der Waals surface area contributed by atoms with E-state index in [2.05, 4.69) is 5.10 Å². The monoisotopic (exact) mass is 454 g/mol. The topological polar surface area (TPSA) is 58.4 Å². The molecule has 0 aliphatic carbocycles. The van der Waals surface area contributed by atoms with Gasteiger partial charge in [0, 0.05) is 37.3 Å². The van der Waals surface area contributed by atoms with Gasteiger partial charge in [-0.05, 0) is 63.2 Å². The van der Waals surface area contributed by atoms with Crippen LogP contribution in [0.4, 0.5) is 10.1 Å². The molecular formula is C24H24ClFN4O2.